The molecular formula is C21H19F2N5O3S. The Balaban J connectivity index is 1.82. The number of hydrogen-bond acceptors (Lipinski definition) is 8. The van der Waals surface area contributed by atoms with Crippen molar-refractivity contribution in [2.75, 3.05) is 26.3 Å². The van der Waals surface area contributed by atoms with E-state index in [2.05, 4.69) is 21.4 Å². The van der Waals surface area contributed by atoms with Gasteiger partial charge in [0.1, 0.15) is 11.6 Å². The molecule has 3 heterocycles. The predicted octanol–water partition coefficient (Wildman–Crippen LogP) is 2.25. The van der Waals surface area contributed by atoms with E-state index in [0.717, 1.165) is 12.1 Å². The van der Waals surface area contributed by atoms with Gasteiger partial charge in [-0.05, 0) is 24.6 Å². The van der Waals surface area contributed by atoms with Gasteiger partial charge in [0.2, 0.25) is 0 Å². The molecule has 1 saturated heterocycles. The summed E-state index contributed by atoms with van der Waals surface area (Å²) in [6.07, 6.45) is 1.60. The van der Waals surface area contributed by atoms with E-state index in [9.17, 15) is 23.9 Å². The first kappa shape index (κ1) is 22.0. The van der Waals surface area contributed by atoms with Gasteiger partial charge in [0.25, 0.3) is 0 Å². The average molecular weight is 459 g/mol. The van der Waals surface area contributed by atoms with E-state index in [1.165, 1.54) is 17.4 Å². The molecule has 0 saturated carbocycles. The Morgan fingerprint density at radius 1 is 1.47 bits per heavy atom. The van der Waals surface area contributed by atoms with Crippen LogP contribution in [0.3, 0.4) is 0 Å². The molecule has 1 aromatic heterocycles. The van der Waals surface area contributed by atoms with Gasteiger partial charge < -0.3 is 15.2 Å². The van der Waals surface area contributed by atoms with Crippen LogP contribution >= 0.6 is 11.3 Å². The minimum atomic E-state index is -1.34. The lowest BCUT2D eigenvalue weighted by molar-refractivity contribution is -0.149. The molecule has 0 radical (unpaired) electrons. The van der Waals surface area contributed by atoms with Crippen molar-refractivity contribution in [3.63, 3.8) is 0 Å². The number of carboxylic acids is 1. The van der Waals surface area contributed by atoms with Crippen LogP contribution < -0.4 is 5.32 Å². The highest BCUT2D eigenvalue weighted by Gasteiger charge is 2.40. The Morgan fingerprint density at radius 2 is 2.28 bits per heavy atom. The number of morpholine rings is 1. The van der Waals surface area contributed by atoms with Crippen LogP contribution in [0.1, 0.15) is 17.5 Å². The van der Waals surface area contributed by atoms with E-state index >= 15 is 0 Å². The van der Waals surface area contributed by atoms with Crippen LogP contribution in [0.2, 0.25) is 0 Å². The third kappa shape index (κ3) is 4.00. The number of aliphatic imine (C=N–C) groups is 1. The smallest absolute Gasteiger partial charge is 0.323 e. The van der Waals surface area contributed by atoms with Gasteiger partial charge in [-0.15, -0.1) is 11.3 Å². The molecule has 0 aliphatic carbocycles. The molecule has 8 nitrogen and oxygen atoms in total. The molecule has 1 aromatic carbocycles. The SMILES string of the molecule is CC1(c2ccc(F)c(F)c2)N=C(c2nccs2)NC(CN2CCOCC2C(=O)O)=C1C#N. The van der Waals surface area contributed by atoms with Gasteiger partial charge in [0.05, 0.1) is 24.9 Å². The molecule has 2 aromatic rings. The van der Waals surface area contributed by atoms with Crippen LogP contribution in [0.4, 0.5) is 8.78 Å². The number of aromatic nitrogens is 1. The van der Waals surface area contributed by atoms with Crippen molar-refractivity contribution in [3.05, 3.63) is 63.3 Å². The van der Waals surface area contributed by atoms with E-state index < -0.39 is 29.2 Å². The number of carboxylic acid groups (broad SMARTS) is 1. The maximum Gasteiger partial charge on any atom is 0.323 e. The molecule has 2 atom stereocenters. The number of nitriles is 1. The highest BCUT2D eigenvalue weighted by Crippen LogP contribution is 2.38. The largest absolute Gasteiger partial charge is 0.480 e. The second kappa shape index (κ2) is 8.74. The van der Waals surface area contributed by atoms with Crippen molar-refractivity contribution in [2.45, 2.75) is 18.5 Å². The molecule has 2 aliphatic heterocycles. The van der Waals surface area contributed by atoms with Gasteiger partial charge in [0.15, 0.2) is 22.5 Å². The van der Waals surface area contributed by atoms with Crippen LogP contribution in [-0.2, 0) is 15.1 Å². The Hall–Kier alpha value is -3.20. The van der Waals surface area contributed by atoms with Gasteiger partial charge in [-0.3, -0.25) is 9.69 Å². The van der Waals surface area contributed by atoms with Crippen molar-refractivity contribution in [1.82, 2.24) is 15.2 Å². The fraction of sp³-hybridized carbons (Fsp3) is 0.333. The summed E-state index contributed by atoms with van der Waals surface area (Å²) in [4.78, 5) is 22.3. The molecule has 0 amide bonds. The van der Waals surface area contributed by atoms with Gasteiger partial charge in [-0.2, -0.15) is 5.26 Å². The van der Waals surface area contributed by atoms with Crippen molar-refractivity contribution in [3.8, 4) is 6.07 Å². The van der Waals surface area contributed by atoms with E-state index in [1.807, 2.05) is 0 Å². The van der Waals surface area contributed by atoms with Crippen LogP contribution in [0.25, 0.3) is 0 Å². The van der Waals surface area contributed by atoms with E-state index in [-0.39, 0.29) is 24.3 Å². The zero-order valence-corrected chi connectivity index (χ0v) is 17.8. The summed E-state index contributed by atoms with van der Waals surface area (Å²) in [5.74, 6) is -2.72. The van der Waals surface area contributed by atoms with Crippen LogP contribution in [0.15, 0.2) is 46.0 Å². The lowest BCUT2D eigenvalue weighted by Gasteiger charge is -2.37. The fourth-order valence-corrected chi connectivity index (χ4v) is 4.39. The number of thiazole rings is 1. The Bertz CT molecular complexity index is 1140. The van der Waals surface area contributed by atoms with Gasteiger partial charge >= 0.3 is 5.97 Å². The molecular weight excluding hydrogens is 440 g/mol. The fourth-order valence-electron chi connectivity index (χ4n) is 3.81. The number of ether oxygens (including phenoxy) is 1. The van der Waals surface area contributed by atoms with Crippen molar-refractivity contribution < 1.29 is 23.4 Å². The molecule has 0 bridgehead atoms. The second-order valence-corrected chi connectivity index (χ2v) is 8.38. The maximum absolute atomic E-state index is 14.1. The van der Waals surface area contributed by atoms with E-state index in [4.69, 9.17) is 4.74 Å². The second-order valence-electron chi connectivity index (χ2n) is 7.49. The van der Waals surface area contributed by atoms with E-state index in [1.54, 1.807) is 23.4 Å². The predicted molar refractivity (Wildman–Crippen MR) is 112 cm³/mol. The highest BCUT2D eigenvalue weighted by atomic mass is 32.1. The minimum absolute atomic E-state index is 0.0262. The summed E-state index contributed by atoms with van der Waals surface area (Å²) >= 11 is 1.32. The Morgan fingerprint density at radius 3 is 2.94 bits per heavy atom. The van der Waals surface area contributed by atoms with E-state index in [0.29, 0.717) is 29.7 Å². The zero-order valence-electron chi connectivity index (χ0n) is 17.0. The summed E-state index contributed by atoms with van der Waals surface area (Å²) < 4.78 is 33.0. The summed E-state index contributed by atoms with van der Waals surface area (Å²) in [6, 6.07) is 4.67. The molecule has 4 rings (SSSR count). The monoisotopic (exact) mass is 459 g/mol. The number of halogens is 2. The first-order chi connectivity index (χ1) is 15.3. The molecule has 1 fully saturated rings. The summed E-state index contributed by atoms with van der Waals surface area (Å²) in [5, 5.41) is 25.1. The molecule has 166 valence electrons. The number of nitrogens with zero attached hydrogens (tertiary/aromatic N) is 4. The van der Waals surface area contributed by atoms with Crippen LogP contribution in [0, 0.1) is 23.0 Å². The lowest BCUT2D eigenvalue weighted by Crippen LogP contribution is -2.52. The van der Waals surface area contributed by atoms with Crippen LogP contribution in [0.5, 0.6) is 0 Å². The zero-order chi connectivity index (χ0) is 22.9. The highest BCUT2D eigenvalue weighted by molar-refractivity contribution is 7.11. The standard InChI is InChI=1S/C21H19F2N5O3S/c1-21(12-2-3-14(22)15(23)8-12)13(9-24)16(26-18(27-21)19-25-4-7-32-19)10-28-5-6-31-11-17(28)20(29)30/h2-4,7-8,17H,5-6,10-11H2,1H3,(H,26,27)(H,29,30). The van der Waals surface area contributed by atoms with Gasteiger partial charge in [-0.25, -0.2) is 18.8 Å². The van der Waals surface area contributed by atoms with Crippen molar-refractivity contribution >= 4 is 23.1 Å². The minimum Gasteiger partial charge on any atom is -0.480 e. The van der Waals surface area contributed by atoms with Crippen LogP contribution in [-0.4, -0.2) is 59.1 Å². The topological polar surface area (TPSA) is 111 Å². The quantitative estimate of drug-likeness (QED) is 0.706. The summed E-state index contributed by atoms with van der Waals surface area (Å²) in [7, 11) is 0. The maximum atomic E-state index is 14.1. The molecule has 2 N–H and O–H groups in total. The van der Waals surface area contributed by atoms with Gasteiger partial charge in [0, 0.05) is 30.4 Å². The third-order valence-corrected chi connectivity index (χ3v) is 6.29. The Kier molecular flexibility index (Phi) is 6.01. The van der Waals surface area contributed by atoms with Gasteiger partial charge in [-0.1, -0.05) is 6.07 Å². The molecule has 11 heteroatoms. The number of nitrogens with one attached hydrogen (secondary N) is 1. The third-order valence-electron chi connectivity index (χ3n) is 5.51. The molecule has 0 spiro atoms. The first-order valence-corrected chi connectivity index (χ1v) is 10.6. The summed E-state index contributed by atoms with van der Waals surface area (Å²) in [5.41, 5.74) is -0.444. The average Bonchev–Trinajstić information content (AvgIpc) is 3.31. The number of hydrogen-bond donors (Lipinski definition) is 2. The summed E-state index contributed by atoms with van der Waals surface area (Å²) in [6.45, 7) is 2.48. The number of amidine groups is 1. The number of rotatable bonds is 5. The number of carbonyl (C=O) groups is 1. The molecule has 2 unspecified atom stereocenters. The normalized spacial score (nSPS) is 23.9. The van der Waals surface area contributed by atoms with Crippen molar-refractivity contribution in [1.29, 1.82) is 5.26 Å². The Labute approximate surface area is 186 Å². The number of benzene rings is 1. The molecule has 2 aliphatic rings. The lowest BCUT2D eigenvalue weighted by atomic mass is 9.82. The first-order valence-electron chi connectivity index (χ1n) is 9.74. The van der Waals surface area contributed by atoms with Crippen molar-refractivity contribution in [2.24, 2.45) is 4.99 Å². The number of aliphatic carboxylic acids is 1. The molecule has 32 heavy (non-hydrogen) atoms.